The molecule has 1 saturated carbocycles. The van der Waals surface area contributed by atoms with E-state index in [1.165, 1.54) is 4.90 Å². The molecule has 1 N–H and O–H groups in total. The Morgan fingerprint density at radius 1 is 1.20 bits per heavy atom. The van der Waals surface area contributed by atoms with Crippen LogP contribution in [-0.2, 0) is 18.0 Å². The first-order chi connectivity index (χ1) is 14.5. The lowest BCUT2D eigenvalue weighted by atomic mass is 9.76. The van der Waals surface area contributed by atoms with Gasteiger partial charge in [0.25, 0.3) is 0 Å². The molecule has 2 aromatic heterocycles. The van der Waals surface area contributed by atoms with Gasteiger partial charge in [0.05, 0.1) is 29.3 Å². The molecular weight excluding hydrogens is 404 g/mol. The number of hydrogen-bond donors (Lipinski definition) is 1. The van der Waals surface area contributed by atoms with Crippen LogP contribution in [0.2, 0.25) is 0 Å². The fraction of sp³-hybridized carbons (Fsp3) is 0.381. The molecule has 0 bridgehead atoms. The highest BCUT2D eigenvalue weighted by Gasteiger charge is 2.37. The number of carbonyl (C=O) groups is 1. The zero-order valence-corrected chi connectivity index (χ0v) is 17.0. The van der Waals surface area contributed by atoms with Crippen LogP contribution in [0.4, 0.5) is 4.79 Å². The summed E-state index contributed by atoms with van der Waals surface area (Å²) in [4.78, 5) is 21.2. The number of carboxylic acid groups (broad SMARTS) is 1. The lowest BCUT2D eigenvalue weighted by Gasteiger charge is -2.36. The van der Waals surface area contributed by atoms with E-state index in [0.717, 1.165) is 48.2 Å². The molecule has 1 aliphatic carbocycles. The fourth-order valence-electron chi connectivity index (χ4n) is 4.54. The molecule has 0 saturated heterocycles. The van der Waals surface area contributed by atoms with Gasteiger partial charge in [0.2, 0.25) is 0 Å². The van der Waals surface area contributed by atoms with Crippen molar-refractivity contribution in [2.75, 3.05) is 0 Å². The average molecular weight is 425 g/mol. The Morgan fingerprint density at radius 3 is 2.77 bits per heavy atom. The minimum atomic E-state index is -0.979. The van der Waals surface area contributed by atoms with Crippen molar-refractivity contribution in [3.8, 4) is 5.69 Å². The molecule has 5 rings (SSSR count). The predicted octanol–water partition coefficient (Wildman–Crippen LogP) is 3.84. The molecule has 8 nitrogen and oxygen atoms in total. The van der Waals surface area contributed by atoms with E-state index in [1.54, 1.807) is 18.7 Å². The molecule has 3 heterocycles. The van der Waals surface area contributed by atoms with Crippen molar-refractivity contribution in [1.29, 1.82) is 0 Å². The molecule has 9 heteroatoms. The number of fused-ring (bicyclic) bond motifs is 3. The van der Waals surface area contributed by atoms with E-state index >= 15 is 0 Å². The summed E-state index contributed by atoms with van der Waals surface area (Å²) in [5, 5.41) is 17.6. The van der Waals surface area contributed by atoms with Crippen molar-refractivity contribution >= 4 is 17.7 Å². The van der Waals surface area contributed by atoms with Crippen molar-refractivity contribution in [2.45, 2.75) is 49.6 Å². The van der Waals surface area contributed by atoms with E-state index in [-0.39, 0.29) is 13.1 Å². The highest BCUT2D eigenvalue weighted by Crippen LogP contribution is 2.47. The summed E-state index contributed by atoms with van der Waals surface area (Å²) >= 11 is 7.12. The first-order valence-electron chi connectivity index (χ1n) is 9.99. The molecule has 2 aliphatic rings. The van der Waals surface area contributed by atoms with Gasteiger partial charge >= 0.3 is 6.09 Å². The van der Waals surface area contributed by atoms with Gasteiger partial charge in [-0.25, -0.2) is 4.79 Å². The van der Waals surface area contributed by atoms with Crippen LogP contribution in [-0.4, -0.2) is 40.8 Å². The zero-order chi connectivity index (χ0) is 20.7. The van der Waals surface area contributed by atoms with Gasteiger partial charge in [-0.2, -0.15) is 0 Å². The lowest BCUT2D eigenvalue weighted by molar-refractivity contribution is 0.138. The summed E-state index contributed by atoms with van der Waals surface area (Å²) in [6.07, 6.45) is 9.45. The van der Waals surface area contributed by atoms with Crippen LogP contribution in [0.5, 0.6) is 0 Å². The number of hydrogen-bond acceptors (Lipinski definition) is 5. The van der Waals surface area contributed by atoms with Gasteiger partial charge in [-0.3, -0.25) is 19.4 Å². The molecule has 1 fully saturated rings. The number of alkyl halides is 1. The smallest absolute Gasteiger partial charge is 0.408 e. The van der Waals surface area contributed by atoms with E-state index in [2.05, 4.69) is 32.3 Å². The summed E-state index contributed by atoms with van der Waals surface area (Å²) in [5.41, 5.74) is 3.86. The maximum absolute atomic E-state index is 11.7. The third-order valence-electron chi connectivity index (χ3n) is 6.22. The van der Waals surface area contributed by atoms with Crippen molar-refractivity contribution in [3.63, 3.8) is 0 Å². The van der Waals surface area contributed by atoms with Crippen LogP contribution in [0.15, 0.2) is 43.1 Å². The molecule has 0 unspecified atom stereocenters. The van der Waals surface area contributed by atoms with Crippen LogP contribution in [0, 0.1) is 0 Å². The minimum Gasteiger partial charge on any atom is -0.465 e. The summed E-state index contributed by atoms with van der Waals surface area (Å²) < 4.78 is 1.86. The minimum absolute atomic E-state index is 0.200. The molecule has 3 aromatic rings. The summed E-state index contributed by atoms with van der Waals surface area (Å²) in [6, 6.07) is 6.10. The number of nitrogens with zero attached hydrogens (tertiary/aromatic N) is 6. The van der Waals surface area contributed by atoms with Crippen LogP contribution >= 0.6 is 11.6 Å². The van der Waals surface area contributed by atoms with Crippen molar-refractivity contribution < 1.29 is 9.90 Å². The van der Waals surface area contributed by atoms with Crippen LogP contribution < -0.4 is 0 Å². The van der Waals surface area contributed by atoms with Gasteiger partial charge in [-0.1, -0.05) is 12.1 Å². The molecule has 154 valence electrons. The Morgan fingerprint density at radius 2 is 2.03 bits per heavy atom. The fourth-order valence-corrected chi connectivity index (χ4v) is 4.88. The van der Waals surface area contributed by atoms with Crippen LogP contribution in [0.25, 0.3) is 5.69 Å². The van der Waals surface area contributed by atoms with E-state index in [1.807, 2.05) is 16.8 Å². The average Bonchev–Trinajstić information content (AvgIpc) is 3.16. The van der Waals surface area contributed by atoms with Crippen LogP contribution in [0.3, 0.4) is 0 Å². The molecule has 0 spiro atoms. The van der Waals surface area contributed by atoms with Crippen molar-refractivity contribution in [3.05, 3.63) is 65.8 Å². The standard InChI is InChI=1S/C21H21ClN6O2/c22-21(5-3-14(4-6-21)17-10-23-7-8-24-17)16-1-2-18-15(9-16)11-27(20(29)30)12-19-26-25-13-28(18)19/h1-2,7-10,13-14H,3-6,11-12H2,(H,29,30). The van der Waals surface area contributed by atoms with E-state index in [9.17, 15) is 9.90 Å². The summed E-state index contributed by atoms with van der Waals surface area (Å²) in [7, 11) is 0. The summed E-state index contributed by atoms with van der Waals surface area (Å²) in [6.45, 7) is 0.488. The Bertz CT molecular complexity index is 1080. The van der Waals surface area contributed by atoms with Gasteiger partial charge in [-0.05, 0) is 42.9 Å². The molecule has 1 aliphatic heterocycles. The predicted molar refractivity (Wildman–Crippen MR) is 109 cm³/mol. The maximum atomic E-state index is 11.7. The van der Waals surface area contributed by atoms with Crippen LogP contribution in [0.1, 0.15) is 54.2 Å². The lowest BCUT2D eigenvalue weighted by Crippen LogP contribution is -2.28. The molecule has 1 amide bonds. The van der Waals surface area contributed by atoms with Gasteiger partial charge in [0, 0.05) is 24.5 Å². The maximum Gasteiger partial charge on any atom is 0.408 e. The second kappa shape index (κ2) is 7.36. The van der Waals surface area contributed by atoms with Gasteiger partial charge in [0.15, 0.2) is 5.82 Å². The Balaban J connectivity index is 1.44. The second-order valence-electron chi connectivity index (χ2n) is 7.97. The molecule has 1 aromatic carbocycles. The number of aromatic nitrogens is 5. The van der Waals surface area contributed by atoms with E-state index < -0.39 is 11.0 Å². The van der Waals surface area contributed by atoms with E-state index in [4.69, 9.17) is 11.6 Å². The topological polar surface area (TPSA) is 97.0 Å². The highest BCUT2D eigenvalue weighted by molar-refractivity contribution is 6.24. The summed E-state index contributed by atoms with van der Waals surface area (Å²) in [5.74, 6) is 0.974. The third-order valence-corrected chi connectivity index (χ3v) is 6.81. The monoisotopic (exact) mass is 424 g/mol. The van der Waals surface area contributed by atoms with Gasteiger partial charge in [-0.15, -0.1) is 21.8 Å². The van der Waals surface area contributed by atoms with Gasteiger partial charge < -0.3 is 5.11 Å². The number of benzene rings is 1. The Hall–Kier alpha value is -3.00. The number of halogens is 1. The Labute approximate surface area is 178 Å². The molecule has 30 heavy (non-hydrogen) atoms. The molecule has 0 atom stereocenters. The largest absolute Gasteiger partial charge is 0.465 e. The highest BCUT2D eigenvalue weighted by atomic mass is 35.5. The second-order valence-corrected chi connectivity index (χ2v) is 8.69. The quantitative estimate of drug-likeness (QED) is 0.627. The molecular formula is C21H21ClN6O2. The normalized spacial score (nSPS) is 23.4. The van der Waals surface area contributed by atoms with Crippen molar-refractivity contribution in [2.24, 2.45) is 0 Å². The number of amides is 1. The SMILES string of the molecule is O=C(O)N1Cc2cc(C3(Cl)CCC(c4cnccn4)CC3)ccc2-n2cnnc2C1. The van der Waals surface area contributed by atoms with Crippen molar-refractivity contribution in [1.82, 2.24) is 29.6 Å². The Kier molecular flexibility index (Phi) is 4.66. The molecule has 0 radical (unpaired) electrons. The first kappa shape index (κ1) is 19.0. The number of rotatable bonds is 2. The van der Waals surface area contributed by atoms with Gasteiger partial charge in [0.1, 0.15) is 6.33 Å². The zero-order valence-electron chi connectivity index (χ0n) is 16.3. The first-order valence-corrected chi connectivity index (χ1v) is 10.4. The van der Waals surface area contributed by atoms with E-state index in [0.29, 0.717) is 11.7 Å². The third kappa shape index (κ3) is 3.31.